The molecule has 0 spiro atoms. The molecule has 0 aliphatic rings. The third kappa shape index (κ3) is 2.74. The topological polar surface area (TPSA) is 72.8 Å². The summed E-state index contributed by atoms with van der Waals surface area (Å²) in [5.74, 6) is -0.221. The van der Waals surface area contributed by atoms with Gasteiger partial charge in [0.05, 0.1) is 23.7 Å². The van der Waals surface area contributed by atoms with Crippen LogP contribution in [0.3, 0.4) is 0 Å². The summed E-state index contributed by atoms with van der Waals surface area (Å²) in [6, 6.07) is 7.61. The lowest BCUT2D eigenvalue weighted by molar-refractivity contribution is 0.0753. The Balaban J connectivity index is 2.23. The van der Waals surface area contributed by atoms with E-state index in [0.717, 1.165) is 10.9 Å². The van der Waals surface area contributed by atoms with Crippen LogP contribution in [-0.2, 0) is 0 Å². The molecule has 2 aromatic rings. The largest absolute Gasteiger partial charge is 0.338 e. The number of fused-ring (bicyclic) bond motifs is 1. The summed E-state index contributed by atoms with van der Waals surface area (Å²) >= 11 is 0. The first-order valence-corrected chi connectivity index (χ1v) is 6.27. The predicted molar refractivity (Wildman–Crippen MR) is 72.4 cm³/mol. The molecule has 2 rings (SSSR count). The monoisotopic (exact) mass is 256 g/mol. The quantitative estimate of drug-likeness (QED) is 0.911. The smallest absolute Gasteiger partial charge is 0.253 e. The number of nitrogens with zero attached hydrogens (tertiary/aromatic N) is 3. The van der Waals surface area contributed by atoms with Crippen molar-refractivity contribution in [3.8, 4) is 6.07 Å². The van der Waals surface area contributed by atoms with Crippen molar-refractivity contribution in [1.29, 1.82) is 5.26 Å². The summed E-state index contributed by atoms with van der Waals surface area (Å²) in [6.45, 7) is 4.77. The number of aromatic amines is 1. The molecule has 1 N–H and O–H groups in total. The van der Waals surface area contributed by atoms with Gasteiger partial charge < -0.3 is 4.90 Å². The average Bonchev–Trinajstić information content (AvgIpc) is 2.90. The molecule has 0 saturated heterocycles. The standard InChI is InChI=1S/C14H16N4O/c1-3-18(9-10(2)7-15)14(19)11-4-5-12-8-16-17-13(12)6-11/h4-6,8,10H,3,9H2,1-2H3,(H,16,17). The molecule has 1 aromatic carbocycles. The van der Waals surface area contributed by atoms with E-state index in [9.17, 15) is 4.79 Å². The first-order valence-electron chi connectivity index (χ1n) is 6.27. The highest BCUT2D eigenvalue weighted by molar-refractivity contribution is 5.97. The lowest BCUT2D eigenvalue weighted by Crippen LogP contribution is -2.34. The van der Waals surface area contributed by atoms with Crippen molar-refractivity contribution in [2.75, 3.05) is 13.1 Å². The fraction of sp³-hybridized carbons (Fsp3) is 0.357. The molecule has 0 radical (unpaired) electrons. The van der Waals surface area contributed by atoms with E-state index in [4.69, 9.17) is 5.26 Å². The highest BCUT2D eigenvalue weighted by Gasteiger charge is 2.17. The van der Waals surface area contributed by atoms with E-state index in [1.165, 1.54) is 0 Å². The summed E-state index contributed by atoms with van der Waals surface area (Å²) in [7, 11) is 0. The SMILES string of the molecule is CCN(CC(C)C#N)C(=O)c1ccc2cn[nH]c2c1. The third-order valence-electron chi connectivity index (χ3n) is 3.07. The molecule has 0 bridgehead atoms. The van der Waals surface area contributed by atoms with Crippen LogP contribution in [0.25, 0.3) is 10.9 Å². The molecule has 1 heterocycles. The zero-order valence-electron chi connectivity index (χ0n) is 11.1. The van der Waals surface area contributed by atoms with E-state index >= 15 is 0 Å². The Morgan fingerprint density at radius 3 is 3.05 bits per heavy atom. The number of nitriles is 1. The van der Waals surface area contributed by atoms with Crippen LogP contribution >= 0.6 is 0 Å². The van der Waals surface area contributed by atoms with E-state index in [1.54, 1.807) is 23.2 Å². The van der Waals surface area contributed by atoms with Crippen LogP contribution < -0.4 is 0 Å². The number of amides is 1. The van der Waals surface area contributed by atoms with Crippen LogP contribution in [0.4, 0.5) is 0 Å². The summed E-state index contributed by atoms with van der Waals surface area (Å²) < 4.78 is 0. The van der Waals surface area contributed by atoms with Crippen molar-refractivity contribution in [3.05, 3.63) is 30.0 Å². The Morgan fingerprint density at radius 2 is 2.37 bits per heavy atom. The van der Waals surface area contributed by atoms with Crippen molar-refractivity contribution in [3.63, 3.8) is 0 Å². The highest BCUT2D eigenvalue weighted by Crippen LogP contribution is 2.15. The van der Waals surface area contributed by atoms with Gasteiger partial charge >= 0.3 is 0 Å². The van der Waals surface area contributed by atoms with Gasteiger partial charge in [-0.25, -0.2) is 0 Å². The van der Waals surface area contributed by atoms with Gasteiger partial charge in [-0.2, -0.15) is 10.4 Å². The maximum Gasteiger partial charge on any atom is 0.253 e. The maximum atomic E-state index is 12.4. The van der Waals surface area contributed by atoms with Crippen molar-refractivity contribution < 1.29 is 4.79 Å². The molecule has 98 valence electrons. The van der Waals surface area contributed by atoms with Crippen LogP contribution in [0.5, 0.6) is 0 Å². The number of benzene rings is 1. The molecule has 5 heteroatoms. The minimum atomic E-state index is -0.167. The fourth-order valence-corrected chi connectivity index (χ4v) is 1.98. The molecule has 1 amide bonds. The molecule has 1 unspecified atom stereocenters. The van der Waals surface area contributed by atoms with Gasteiger partial charge in [0.25, 0.3) is 5.91 Å². The van der Waals surface area contributed by atoms with Gasteiger partial charge in [0.1, 0.15) is 0 Å². The second-order valence-corrected chi connectivity index (χ2v) is 4.55. The predicted octanol–water partition coefficient (Wildman–Crippen LogP) is 2.18. The minimum Gasteiger partial charge on any atom is -0.338 e. The zero-order chi connectivity index (χ0) is 13.8. The maximum absolute atomic E-state index is 12.4. The fourth-order valence-electron chi connectivity index (χ4n) is 1.98. The summed E-state index contributed by atoms with van der Waals surface area (Å²) in [4.78, 5) is 14.1. The third-order valence-corrected chi connectivity index (χ3v) is 3.07. The van der Waals surface area contributed by atoms with E-state index in [2.05, 4.69) is 16.3 Å². The van der Waals surface area contributed by atoms with E-state index in [1.807, 2.05) is 19.9 Å². The van der Waals surface area contributed by atoms with Gasteiger partial charge in [-0.1, -0.05) is 6.07 Å². The van der Waals surface area contributed by atoms with Gasteiger partial charge in [0.2, 0.25) is 0 Å². The van der Waals surface area contributed by atoms with Gasteiger partial charge in [0.15, 0.2) is 0 Å². The Kier molecular flexibility index (Phi) is 3.81. The molecule has 1 aromatic heterocycles. The number of rotatable bonds is 4. The molecule has 5 nitrogen and oxygen atoms in total. The highest BCUT2D eigenvalue weighted by atomic mass is 16.2. The van der Waals surface area contributed by atoms with Crippen LogP contribution in [0, 0.1) is 17.2 Å². The van der Waals surface area contributed by atoms with Crippen LogP contribution in [-0.4, -0.2) is 34.1 Å². The zero-order valence-corrected chi connectivity index (χ0v) is 11.1. The number of hydrogen-bond acceptors (Lipinski definition) is 3. The number of carbonyl (C=O) groups excluding carboxylic acids is 1. The van der Waals surface area contributed by atoms with Gasteiger partial charge in [-0.05, 0) is 26.0 Å². The number of hydrogen-bond donors (Lipinski definition) is 1. The molecule has 19 heavy (non-hydrogen) atoms. The molecule has 0 fully saturated rings. The van der Waals surface area contributed by atoms with Crippen LogP contribution in [0.2, 0.25) is 0 Å². The summed E-state index contributed by atoms with van der Waals surface area (Å²) in [5.41, 5.74) is 1.46. The van der Waals surface area contributed by atoms with Gasteiger partial charge in [0, 0.05) is 24.0 Å². The van der Waals surface area contributed by atoms with Gasteiger partial charge in [-0.15, -0.1) is 0 Å². The number of nitrogens with one attached hydrogen (secondary N) is 1. The Bertz CT molecular complexity index is 626. The number of carbonyl (C=O) groups is 1. The van der Waals surface area contributed by atoms with E-state index < -0.39 is 0 Å². The lowest BCUT2D eigenvalue weighted by atomic mass is 10.1. The lowest BCUT2D eigenvalue weighted by Gasteiger charge is -2.22. The first-order chi connectivity index (χ1) is 9.15. The van der Waals surface area contributed by atoms with Crippen molar-refractivity contribution in [1.82, 2.24) is 15.1 Å². The Labute approximate surface area is 111 Å². The number of H-pyrrole nitrogens is 1. The van der Waals surface area contributed by atoms with E-state index in [0.29, 0.717) is 18.7 Å². The number of aromatic nitrogens is 2. The molecule has 1 atom stereocenters. The first kappa shape index (κ1) is 13.1. The molecular formula is C14H16N4O. The van der Waals surface area contributed by atoms with Crippen LogP contribution in [0.15, 0.2) is 24.4 Å². The Morgan fingerprint density at radius 1 is 1.58 bits per heavy atom. The second kappa shape index (κ2) is 5.53. The summed E-state index contributed by atoms with van der Waals surface area (Å²) in [5, 5.41) is 16.6. The molecule has 0 saturated carbocycles. The van der Waals surface area contributed by atoms with Crippen molar-refractivity contribution >= 4 is 16.8 Å². The summed E-state index contributed by atoms with van der Waals surface area (Å²) in [6.07, 6.45) is 1.72. The van der Waals surface area contributed by atoms with Crippen molar-refractivity contribution in [2.24, 2.45) is 5.92 Å². The molecular weight excluding hydrogens is 240 g/mol. The van der Waals surface area contributed by atoms with Crippen molar-refractivity contribution in [2.45, 2.75) is 13.8 Å². The average molecular weight is 256 g/mol. The Hall–Kier alpha value is -2.35. The normalized spacial score (nSPS) is 12.1. The second-order valence-electron chi connectivity index (χ2n) is 4.55. The van der Waals surface area contributed by atoms with E-state index in [-0.39, 0.29) is 11.8 Å². The minimum absolute atomic E-state index is 0.0545. The van der Waals surface area contributed by atoms with Gasteiger partial charge in [-0.3, -0.25) is 9.89 Å². The van der Waals surface area contributed by atoms with Crippen LogP contribution in [0.1, 0.15) is 24.2 Å². The molecule has 0 aliphatic heterocycles. The molecule has 0 aliphatic carbocycles.